The number of hydrogen-bond donors (Lipinski definition) is 1. The molecule has 1 aromatic rings. The Morgan fingerprint density at radius 3 is 2.70 bits per heavy atom. The molecule has 1 N–H and O–H groups in total. The van der Waals surface area contributed by atoms with Crippen molar-refractivity contribution in [1.29, 1.82) is 0 Å². The standard InChI is InChI=1S/C15H21ClN2O2/c1-15(7-3-2-4-8-15)11-17-10-12-9-13(18(19)20)5-6-14(12)16/h5-6,9,17H,2-4,7-8,10-11H2,1H3. The van der Waals surface area contributed by atoms with E-state index in [0.29, 0.717) is 17.0 Å². The van der Waals surface area contributed by atoms with Crippen LogP contribution in [0, 0.1) is 15.5 Å². The van der Waals surface area contributed by atoms with E-state index in [1.807, 2.05) is 0 Å². The third kappa shape index (κ3) is 3.93. The molecule has 2 rings (SSSR count). The highest BCUT2D eigenvalue weighted by molar-refractivity contribution is 6.31. The van der Waals surface area contributed by atoms with E-state index in [-0.39, 0.29) is 10.6 Å². The Bertz CT molecular complexity index is 485. The van der Waals surface area contributed by atoms with Crippen LogP contribution in [0.15, 0.2) is 18.2 Å². The lowest BCUT2D eigenvalue weighted by Gasteiger charge is -2.33. The number of nitro benzene ring substituents is 1. The summed E-state index contributed by atoms with van der Waals surface area (Å²) >= 11 is 6.09. The minimum absolute atomic E-state index is 0.0927. The molecule has 5 heteroatoms. The van der Waals surface area contributed by atoms with Crippen molar-refractivity contribution in [3.8, 4) is 0 Å². The Balaban J connectivity index is 1.93. The van der Waals surface area contributed by atoms with Crippen molar-refractivity contribution in [3.05, 3.63) is 38.9 Å². The summed E-state index contributed by atoms with van der Waals surface area (Å²) in [4.78, 5) is 10.4. The number of nitrogens with zero attached hydrogens (tertiary/aromatic N) is 1. The van der Waals surface area contributed by atoms with Crippen LogP contribution in [0.5, 0.6) is 0 Å². The lowest BCUT2D eigenvalue weighted by atomic mass is 9.76. The second-order valence-electron chi connectivity index (χ2n) is 6.01. The van der Waals surface area contributed by atoms with Crippen LogP contribution in [-0.2, 0) is 6.54 Å². The lowest BCUT2D eigenvalue weighted by molar-refractivity contribution is -0.384. The Morgan fingerprint density at radius 1 is 1.35 bits per heavy atom. The van der Waals surface area contributed by atoms with Crippen molar-refractivity contribution >= 4 is 17.3 Å². The zero-order valence-corrected chi connectivity index (χ0v) is 12.6. The third-order valence-electron chi connectivity index (χ3n) is 4.17. The van der Waals surface area contributed by atoms with Crippen LogP contribution in [0.1, 0.15) is 44.6 Å². The minimum Gasteiger partial charge on any atom is -0.312 e. The molecule has 0 saturated heterocycles. The second-order valence-corrected chi connectivity index (χ2v) is 6.41. The second kappa shape index (κ2) is 6.55. The molecule has 0 amide bonds. The van der Waals surface area contributed by atoms with Gasteiger partial charge in [0, 0.05) is 30.2 Å². The zero-order chi connectivity index (χ0) is 14.6. The number of benzene rings is 1. The van der Waals surface area contributed by atoms with Crippen molar-refractivity contribution in [2.45, 2.75) is 45.6 Å². The van der Waals surface area contributed by atoms with Gasteiger partial charge in [-0.25, -0.2) is 0 Å². The monoisotopic (exact) mass is 296 g/mol. The molecule has 0 atom stereocenters. The largest absolute Gasteiger partial charge is 0.312 e. The van der Waals surface area contributed by atoms with Gasteiger partial charge in [-0.1, -0.05) is 37.8 Å². The predicted molar refractivity (Wildman–Crippen MR) is 81.0 cm³/mol. The smallest absolute Gasteiger partial charge is 0.269 e. The molecule has 1 saturated carbocycles. The Hall–Kier alpha value is -1.13. The topological polar surface area (TPSA) is 55.2 Å². The molecule has 4 nitrogen and oxygen atoms in total. The molecular weight excluding hydrogens is 276 g/mol. The Kier molecular flexibility index (Phi) is 5.00. The number of non-ortho nitro benzene ring substituents is 1. The van der Waals surface area contributed by atoms with Gasteiger partial charge in [-0.3, -0.25) is 10.1 Å². The normalized spacial score (nSPS) is 17.9. The van der Waals surface area contributed by atoms with Crippen molar-refractivity contribution < 1.29 is 4.92 Å². The zero-order valence-electron chi connectivity index (χ0n) is 11.8. The summed E-state index contributed by atoms with van der Waals surface area (Å²) in [6.45, 7) is 3.83. The van der Waals surface area contributed by atoms with E-state index in [2.05, 4.69) is 12.2 Å². The number of rotatable bonds is 5. The van der Waals surface area contributed by atoms with Crippen molar-refractivity contribution in [3.63, 3.8) is 0 Å². The lowest BCUT2D eigenvalue weighted by Crippen LogP contribution is -2.33. The predicted octanol–water partition coefficient (Wildman–Crippen LogP) is 4.31. The van der Waals surface area contributed by atoms with E-state index in [1.165, 1.54) is 38.2 Å². The molecule has 0 aromatic heterocycles. The molecule has 1 aliphatic carbocycles. The van der Waals surface area contributed by atoms with Crippen molar-refractivity contribution in [1.82, 2.24) is 5.32 Å². The molecule has 0 heterocycles. The first-order valence-corrected chi connectivity index (χ1v) is 7.52. The quantitative estimate of drug-likeness (QED) is 0.651. The Morgan fingerprint density at radius 2 is 2.05 bits per heavy atom. The van der Waals surface area contributed by atoms with Gasteiger partial charge in [0.1, 0.15) is 0 Å². The summed E-state index contributed by atoms with van der Waals surface area (Å²) in [7, 11) is 0. The minimum atomic E-state index is -0.387. The van der Waals surface area contributed by atoms with E-state index in [9.17, 15) is 10.1 Å². The highest BCUT2D eigenvalue weighted by atomic mass is 35.5. The van der Waals surface area contributed by atoms with Gasteiger partial charge < -0.3 is 5.32 Å². The van der Waals surface area contributed by atoms with Gasteiger partial charge in [0.05, 0.1) is 4.92 Å². The van der Waals surface area contributed by atoms with E-state index >= 15 is 0 Å². The first-order valence-electron chi connectivity index (χ1n) is 7.14. The molecule has 20 heavy (non-hydrogen) atoms. The average Bonchev–Trinajstić information content (AvgIpc) is 2.41. The third-order valence-corrected chi connectivity index (χ3v) is 4.54. The highest BCUT2D eigenvalue weighted by Gasteiger charge is 2.26. The molecule has 0 aliphatic heterocycles. The summed E-state index contributed by atoms with van der Waals surface area (Å²) < 4.78 is 0. The maximum atomic E-state index is 10.8. The summed E-state index contributed by atoms with van der Waals surface area (Å²) in [5, 5.41) is 14.8. The number of nitro groups is 1. The molecular formula is C15H21ClN2O2. The number of halogens is 1. The SMILES string of the molecule is CC1(CNCc2cc([N+](=O)[O-])ccc2Cl)CCCCC1. The van der Waals surface area contributed by atoms with E-state index in [1.54, 1.807) is 12.1 Å². The molecule has 0 radical (unpaired) electrons. The van der Waals surface area contributed by atoms with Gasteiger partial charge in [-0.2, -0.15) is 0 Å². The Labute approximate surface area is 124 Å². The number of nitrogens with one attached hydrogen (secondary N) is 1. The van der Waals surface area contributed by atoms with Gasteiger partial charge in [0.25, 0.3) is 5.69 Å². The van der Waals surface area contributed by atoms with Crippen LogP contribution < -0.4 is 5.32 Å². The molecule has 0 unspecified atom stereocenters. The fraction of sp³-hybridized carbons (Fsp3) is 0.600. The molecule has 1 fully saturated rings. The number of hydrogen-bond acceptors (Lipinski definition) is 3. The van der Waals surface area contributed by atoms with Gasteiger partial charge in [0.2, 0.25) is 0 Å². The fourth-order valence-electron chi connectivity index (χ4n) is 2.89. The van der Waals surface area contributed by atoms with E-state index in [4.69, 9.17) is 11.6 Å². The maximum absolute atomic E-state index is 10.8. The van der Waals surface area contributed by atoms with Crippen molar-refractivity contribution in [2.24, 2.45) is 5.41 Å². The van der Waals surface area contributed by atoms with Crippen LogP contribution >= 0.6 is 11.6 Å². The van der Waals surface area contributed by atoms with E-state index in [0.717, 1.165) is 12.1 Å². The summed E-state index contributed by atoms with van der Waals surface area (Å²) in [6, 6.07) is 4.59. The summed E-state index contributed by atoms with van der Waals surface area (Å²) in [6.07, 6.45) is 6.45. The summed E-state index contributed by atoms with van der Waals surface area (Å²) in [5.41, 5.74) is 1.24. The molecule has 0 bridgehead atoms. The van der Waals surface area contributed by atoms with Crippen LogP contribution in [0.25, 0.3) is 0 Å². The first kappa shape index (κ1) is 15.3. The van der Waals surface area contributed by atoms with Gasteiger partial charge in [0.15, 0.2) is 0 Å². The van der Waals surface area contributed by atoms with Crippen LogP contribution in [-0.4, -0.2) is 11.5 Å². The van der Waals surface area contributed by atoms with Crippen LogP contribution in [0.4, 0.5) is 5.69 Å². The van der Waals surface area contributed by atoms with Gasteiger partial charge in [-0.15, -0.1) is 0 Å². The molecule has 0 spiro atoms. The first-order chi connectivity index (χ1) is 9.50. The molecule has 110 valence electrons. The van der Waals surface area contributed by atoms with Crippen LogP contribution in [0.3, 0.4) is 0 Å². The maximum Gasteiger partial charge on any atom is 0.269 e. The van der Waals surface area contributed by atoms with Crippen molar-refractivity contribution in [2.75, 3.05) is 6.54 Å². The fourth-order valence-corrected chi connectivity index (χ4v) is 3.08. The van der Waals surface area contributed by atoms with Gasteiger partial charge >= 0.3 is 0 Å². The van der Waals surface area contributed by atoms with Gasteiger partial charge in [-0.05, 0) is 29.9 Å². The average molecular weight is 297 g/mol. The molecule has 1 aliphatic rings. The summed E-state index contributed by atoms with van der Waals surface area (Å²) in [5.74, 6) is 0. The van der Waals surface area contributed by atoms with Crippen LogP contribution in [0.2, 0.25) is 5.02 Å². The highest BCUT2D eigenvalue weighted by Crippen LogP contribution is 2.35. The van der Waals surface area contributed by atoms with E-state index < -0.39 is 0 Å². The molecule has 1 aromatic carbocycles.